The van der Waals surface area contributed by atoms with Gasteiger partial charge in [0.25, 0.3) is 0 Å². The first kappa shape index (κ1) is 16.1. The maximum atomic E-state index is 12.2. The summed E-state index contributed by atoms with van der Waals surface area (Å²) in [7, 11) is 1.33. The van der Waals surface area contributed by atoms with Gasteiger partial charge in [0.15, 0.2) is 0 Å². The number of hydrogen-bond acceptors (Lipinski definition) is 3. The number of benzene rings is 3. The van der Waals surface area contributed by atoms with Crippen molar-refractivity contribution < 1.29 is 14.3 Å². The minimum absolute atomic E-state index is 0.240. The van der Waals surface area contributed by atoms with Crippen LogP contribution in [0.5, 0.6) is 0 Å². The average Bonchev–Trinajstić information content (AvgIpc) is 2.71. The first-order valence-corrected chi connectivity index (χ1v) is 8.35. The van der Waals surface area contributed by atoms with Gasteiger partial charge in [0.1, 0.15) is 6.29 Å². The number of amides is 1. The summed E-state index contributed by atoms with van der Waals surface area (Å²) in [4.78, 5) is 25.5. The minimum Gasteiger partial charge on any atom is -0.452 e. The summed E-state index contributed by atoms with van der Waals surface area (Å²) in [6.45, 7) is 0. The van der Waals surface area contributed by atoms with Gasteiger partial charge in [-0.1, -0.05) is 60.7 Å². The van der Waals surface area contributed by atoms with Crippen LogP contribution < -0.4 is 4.90 Å². The van der Waals surface area contributed by atoms with E-state index in [1.54, 1.807) is 6.20 Å². The second kappa shape index (κ2) is 6.48. The molecule has 128 valence electrons. The van der Waals surface area contributed by atoms with Gasteiger partial charge < -0.3 is 4.74 Å². The van der Waals surface area contributed by atoms with Gasteiger partial charge >= 0.3 is 6.09 Å². The Kier molecular flexibility index (Phi) is 4.01. The summed E-state index contributed by atoms with van der Waals surface area (Å²) in [5, 5.41) is 2.21. The van der Waals surface area contributed by atoms with Crippen LogP contribution in [-0.4, -0.2) is 19.5 Å². The van der Waals surface area contributed by atoms with Crippen molar-refractivity contribution in [3.8, 4) is 0 Å². The number of methoxy groups -OCH3 is 1. The van der Waals surface area contributed by atoms with E-state index in [1.165, 1.54) is 12.0 Å². The van der Waals surface area contributed by atoms with Crippen LogP contribution in [0.1, 0.15) is 17.0 Å². The Morgan fingerprint density at radius 3 is 2.46 bits per heavy atom. The van der Waals surface area contributed by atoms with Crippen LogP contribution in [0.2, 0.25) is 0 Å². The summed E-state index contributed by atoms with van der Waals surface area (Å²) >= 11 is 0. The van der Waals surface area contributed by atoms with E-state index >= 15 is 0 Å². The molecule has 0 spiro atoms. The number of para-hydroxylation sites is 1. The molecule has 1 heterocycles. The quantitative estimate of drug-likeness (QED) is 0.637. The number of hydrogen-bond donors (Lipinski definition) is 0. The van der Waals surface area contributed by atoms with Gasteiger partial charge in [-0.2, -0.15) is 0 Å². The van der Waals surface area contributed by atoms with Gasteiger partial charge in [0.2, 0.25) is 0 Å². The van der Waals surface area contributed by atoms with Crippen LogP contribution >= 0.6 is 0 Å². The molecule has 4 rings (SSSR count). The molecule has 0 unspecified atom stereocenters. The molecule has 0 saturated heterocycles. The van der Waals surface area contributed by atoms with Gasteiger partial charge in [-0.05, 0) is 28.0 Å². The van der Waals surface area contributed by atoms with Crippen LogP contribution in [0.3, 0.4) is 0 Å². The molecule has 0 N–H and O–H groups in total. The molecule has 4 heteroatoms. The zero-order valence-electron chi connectivity index (χ0n) is 14.3. The van der Waals surface area contributed by atoms with Gasteiger partial charge in [-0.3, -0.25) is 9.69 Å². The number of carbonyl (C=O) groups excluding carboxylic acids is 2. The third-order valence-corrected chi connectivity index (χ3v) is 4.76. The SMILES string of the molecule is COC(=O)N1C=C(C=O)[C@@H](c2cccc3ccccc23)c2ccccc21. The Hall–Kier alpha value is -3.40. The highest BCUT2D eigenvalue weighted by Gasteiger charge is 2.32. The van der Waals surface area contributed by atoms with Crippen molar-refractivity contribution in [3.63, 3.8) is 0 Å². The molecular weight excluding hydrogens is 326 g/mol. The van der Waals surface area contributed by atoms with E-state index in [4.69, 9.17) is 4.74 Å². The standard InChI is InChI=1S/C22H17NO3/c1-26-22(25)23-13-16(14-24)21(19-10-4-5-12-20(19)23)18-11-6-8-15-7-2-3-9-17(15)18/h2-14,21H,1H3/t21-/m0/s1. The van der Waals surface area contributed by atoms with E-state index in [0.29, 0.717) is 5.57 Å². The number of anilines is 1. The summed E-state index contributed by atoms with van der Waals surface area (Å²) in [5.74, 6) is -0.240. The monoisotopic (exact) mass is 343 g/mol. The fourth-order valence-electron chi connectivity index (χ4n) is 3.62. The van der Waals surface area contributed by atoms with E-state index in [9.17, 15) is 9.59 Å². The van der Waals surface area contributed by atoms with Crippen LogP contribution in [0.4, 0.5) is 10.5 Å². The van der Waals surface area contributed by atoms with E-state index in [2.05, 4.69) is 18.2 Å². The maximum Gasteiger partial charge on any atom is 0.418 e. The summed E-state index contributed by atoms with van der Waals surface area (Å²) in [6.07, 6.45) is 1.87. The second-order valence-corrected chi connectivity index (χ2v) is 6.15. The molecule has 0 aliphatic carbocycles. The molecule has 3 aromatic rings. The predicted octanol–water partition coefficient (Wildman–Crippen LogP) is 4.64. The Bertz CT molecular complexity index is 1030. The molecular formula is C22H17NO3. The largest absolute Gasteiger partial charge is 0.452 e. The van der Waals surface area contributed by atoms with Gasteiger partial charge in [0.05, 0.1) is 12.8 Å². The van der Waals surface area contributed by atoms with Crippen molar-refractivity contribution in [2.24, 2.45) is 0 Å². The normalized spacial score (nSPS) is 16.0. The summed E-state index contributed by atoms with van der Waals surface area (Å²) < 4.78 is 4.88. The van der Waals surface area contributed by atoms with E-state index in [0.717, 1.165) is 33.9 Å². The lowest BCUT2D eigenvalue weighted by Gasteiger charge is -2.31. The number of aldehydes is 1. The van der Waals surface area contributed by atoms with Crippen LogP contribution in [0, 0.1) is 0 Å². The highest BCUT2D eigenvalue weighted by atomic mass is 16.5. The van der Waals surface area contributed by atoms with Gasteiger partial charge in [-0.15, -0.1) is 0 Å². The van der Waals surface area contributed by atoms with E-state index in [1.807, 2.05) is 48.5 Å². The fraction of sp³-hybridized carbons (Fsp3) is 0.0909. The lowest BCUT2D eigenvalue weighted by Crippen LogP contribution is -2.31. The molecule has 0 fully saturated rings. The van der Waals surface area contributed by atoms with Crippen molar-refractivity contribution in [2.45, 2.75) is 5.92 Å². The molecule has 0 saturated carbocycles. The molecule has 1 aliphatic heterocycles. The molecule has 1 atom stereocenters. The average molecular weight is 343 g/mol. The number of fused-ring (bicyclic) bond motifs is 2. The lowest BCUT2D eigenvalue weighted by molar-refractivity contribution is -0.105. The third kappa shape index (κ3) is 2.47. The molecule has 1 aliphatic rings. The van der Waals surface area contributed by atoms with Gasteiger partial charge in [0, 0.05) is 17.7 Å². The van der Waals surface area contributed by atoms with E-state index < -0.39 is 6.09 Å². The minimum atomic E-state index is -0.520. The van der Waals surface area contributed by atoms with E-state index in [-0.39, 0.29) is 5.92 Å². The van der Waals surface area contributed by atoms with Gasteiger partial charge in [-0.25, -0.2) is 4.79 Å². The molecule has 3 aromatic carbocycles. The summed E-state index contributed by atoms with van der Waals surface area (Å²) in [5.41, 5.74) is 3.19. The molecule has 0 aromatic heterocycles. The molecule has 4 nitrogen and oxygen atoms in total. The molecule has 0 bridgehead atoms. The Labute approximate surface area is 151 Å². The third-order valence-electron chi connectivity index (χ3n) is 4.76. The van der Waals surface area contributed by atoms with Crippen molar-refractivity contribution in [2.75, 3.05) is 12.0 Å². The molecule has 0 radical (unpaired) electrons. The topological polar surface area (TPSA) is 46.6 Å². The predicted molar refractivity (Wildman–Crippen MR) is 101 cm³/mol. The van der Waals surface area contributed by atoms with Crippen molar-refractivity contribution in [1.82, 2.24) is 0 Å². The smallest absolute Gasteiger partial charge is 0.418 e. The summed E-state index contributed by atoms with van der Waals surface area (Å²) in [6, 6.07) is 21.8. The highest BCUT2D eigenvalue weighted by molar-refractivity contribution is 5.97. The first-order valence-electron chi connectivity index (χ1n) is 8.35. The highest BCUT2D eigenvalue weighted by Crippen LogP contribution is 2.43. The number of carbonyl (C=O) groups is 2. The zero-order valence-corrected chi connectivity index (χ0v) is 14.3. The van der Waals surface area contributed by atoms with Crippen LogP contribution in [-0.2, 0) is 9.53 Å². The first-order chi connectivity index (χ1) is 12.7. The van der Waals surface area contributed by atoms with Crippen molar-refractivity contribution in [3.05, 3.63) is 89.6 Å². The Morgan fingerprint density at radius 2 is 1.65 bits per heavy atom. The number of nitrogens with zero attached hydrogens (tertiary/aromatic N) is 1. The zero-order chi connectivity index (χ0) is 18.1. The maximum absolute atomic E-state index is 12.2. The number of allylic oxidation sites excluding steroid dienone is 1. The fourth-order valence-corrected chi connectivity index (χ4v) is 3.62. The Balaban J connectivity index is 1.98. The van der Waals surface area contributed by atoms with Crippen LogP contribution in [0.15, 0.2) is 78.5 Å². The second-order valence-electron chi connectivity index (χ2n) is 6.15. The van der Waals surface area contributed by atoms with Crippen molar-refractivity contribution >= 4 is 28.8 Å². The Morgan fingerprint density at radius 1 is 0.962 bits per heavy atom. The molecule has 1 amide bonds. The van der Waals surface area contributed by atoms with Crippen molar-refractivity contribution in [1.29, 1.82) is 0 Å². The van der Waals surface area contributed by atoms with Crippen LogP contribution in [0.25, 0.3) is 10.8 Å². The number of rotatable bonds is 2. The lowest BCUT2D eigenvalue weighted by atomic mass is 9.80. The molecule has 26 heavy (non-hydrogen) atoms. The number of ether oxygens (including phenoxy) is 1.